The van der Waals surface area contributed by atoms with Crippen LogP contribution < -0.4 is 5.43 Å². The summed E-state index contributed by atoms with van der Waals surface area (Å²) < 4.78 is 51.3. The maximum absolute atomic E-state index is 12.9. The Bertz CT molecular complexity index is 767. The molecule has 0 aliphatic rings. The number of terminal acetylenes is 1. The second kappa shape index (κ2) is 7.79. The monoisotopic (exact) mass is 354 g/mol. The van der Waals surface area contributed by atoms with Gasteiger partial charge >= 0.3 is 6.18 Å². The molecule has 0 aliphatic carbocycles. The van der Waals surface area contributed by atoms with Crippen LogP contribution in [0.5, 0.6) is 0 Å². The number of hydrazone groups is 1. The van der Waals surface area contributed by atoms with Crippen LogP contribution in [0.1, 0.15) is 11.3 Å². The molecule has 24 heavy (non-hydrogen) atoms. The lowest BCUT2D eigenvalue weighted by atomic mass is 10.2. The summed E-state index contributed by atoms with van der Waals surface area (Å²) in [5.41, 5.74) is 1.86. The topological polar surface area (TPSA) is 50.2 Å². The molecular formula is C15H10F4N4S. The maximum Gasteiger partial charge on any atom is 0.433 e. The highest BCUT2D eigenvalue weighted by Crippen LogP contribution is 2.30. The Morgan fingerprint density at radius 3 is 2.58 bits per heavy atom. The summed E-state index contributed by atoms with van der Waals surface area (Å²) in [6.07, 6.45) is 1.78. The summed E-state index contributed by atoms with van der Waals surface area (Å²) in [6.45, 7) is 0. The summed E-state index contributed by atoms with van der Waals surface area (Å²) in [5, 5.41) is 3.67. The van der Waals surface area contributed by atoms with Crippen LogP contribution in [0.2, 0.25) is 0 Å². The third-order valence-electron chi connectivity index (χ3n) is 2.54. The molecule has 0 saturated carbocycles. The van der Waals surface area contributed by atoms with Crippen molar-refractivity contribution in [1.82, 2.24) is 9.97 Å². The minimum absolute atomic E-state index is 0.109. The van der Waals surface area contributed by atoms with Crippen molar-refractivity contribution >= 4 is 23.8 Å². The van der Waals surface area contributed by atoms with E-state index in [-0.39, 0.29) is 16.7 Å². The predicted octanol–water partition coefficient (Wildman–Crippen LogP) is 3.81. The number of benzene rings is 1. The molecule has 0 radical (unpaired) electrons. The molecule has 9 heteroatoms. The smallest absolute Gasteiger partial charge is 0.261 e. The van der Waals surface area contributed by atoms with Gasteiger partial charge in [-0.3, -0.25) is 5.43 Å². The van der Waals surface area contributed by atoms with Gasteiger partial charge in [0.05, 0.1) is 12.0 Å². The Labute approximate surface area is 139 Å². The van der Waals surface area contributed by atoms with Crippen LogP contribution in [0.3, 0.4) is 0 Å². The van der Waals surface area contributed by atoms with E-state index in [4.69, 9.17) is 6.42 Å². The van der Waals surface area contributed by atoms with Crippen molar-refractivity contribution in [3.63, 3.8) is 0 Å². The van der Waals surface area contributed by atoms with Crippen molar-refractivity contribution in [2.45, 2.75) is 11.3 Å². The van der Waals surface area contributed by atoms with E-state index >= 15 is 0 Å². The van der Waals surface area contributed by atoms with Crippen LogP contribution >= 0.6 is 11.8 Å². The van der Waals surface area contributed by atoms with Gasteiger partial charge in [-0.1, -0.05) is 29.8 Å². The number of thioether (sulfide) groups is 1. The molecule has 124 valence electrons. The van der Waals surface area contributed by atoms with Crippen LogP contribution in [0, 0.1) is 18.2 Å². The molecule has 0 spiro atoms. The Balaban J connectivity index is 2.18. The fourth-order valence-electron chi connectivity index (χ4n) is 1.52. The average Bonchev–Trinajstić information content (AvgIpc) is 2.54. The third-order valence-corrected chi connectivity index (χ3v) is 3.30. The van der Waals surface area contributed by atoms with Crippen molar-refractivity contribution in [2.75, 3.05) is 11.2 Å². The highest BCUT2D eigenvalue weighted by molar-refractivity contribution is 7.99. The average molecular weight is 354 g/mol. The quantitative estimate of drug-likeness (QED) is 0.222. The van der Waals surface area contributed by atoms with Gasteiger partial charge in [0.15, 0.2) is 16.7 Å². The summed E-state index contributed by atoms with van der Waals surface area (Å²) in [5.74, 6) is 1.89. The first-order valence-electron chi connectivity index (χ1n) is 6.45. The first-order valence-corrected chi connectivity index (χ1v) is 7.44. The van der Waals surface area contributed by atoms with Crippen LogP contribution in [-0.4, -0.2) is 21.9 Å². The first kappa shape index (κ1) is 17.7. The Morgan fingerprint density at radius 2 is 1.96 bits per heavy atom. The lowest BCUT2D eigenvalue weighted by Crippen LogP contribution is -2.10. The van der Waals surface area contributed by atoms with Gasteiger partial charge in [-0.2, -0.15) is 18.3 Å². The fraction of sp³-hybridized carbons (Fsp3) is 0.133. The molecule has 1 heterocycles. The van der Waals surface area contributed by atoms with E-state index in [9.17, 15) is 17.6 Å². The van der Waals surface area contributed by atoms with E-state index in [2.05, 4.69) is 26.4 Å². The second-order valence-corrected chi connectivity index (χ2v) is 5.28. The molecule has 1 aromatic carbocycles. The van der Waals surface area contributed by atoms with Gasteiger partial charge in [-0.25, -0.2) is 14.4 Å². The summed E-state index contributed by atoms with van der Waals surface area (Å²) >= 11 is 0.904. The van der Waals surface area contributed by atoms with E-state index in [1.54, 1.807) is 0 Å². The van der Waals surface area contributed by atoms with Crippen molar-refractivity contribution in [3.8, 4) is 12.3 Å². The standard InChI is InChI=1S/C15H10F4N4S/c1-2-7-24-14-21-12(15(17,18)19)8-13(22-14)23-20-9-10-3-5-11(16)6-4-10/h1,3-6,8-9H,7H2,(H,21,22,23). The van der Waals surface area contributed by atoms with E-state index in [1.165, 1.54) is 30.5 Å². The SMILES string of the molecule is C#CCSc1nc(NN=Cc2ccc(F)cc2)cc(C(F)(F)F)n1. The Morgan fingerprint density at radius 1 is 1.25 bits per heavy atom. The lowest BCUT2D eigenvalue weighted by molar-refractivity contribution is -0.141. The molecule has 1 N–H and O–H groups in total. The molecule has 2 aromatic rings. The van der Waals surface area contributed by atoms with Gasteiger partial charge in [0.1, 0.15) is 5.82 Å². The zero-order valence-electron chi connectivity index (χ0n) is 12.0. The van der Waals surface area contributed by atoms with E-state index in [1.807, 2.05) is 0 Å². The highest BCUT2D eigenvalue weighted by atomic mass is 32.2. The molecule has 0 fully saturated rings. The summed E-state index contributed by atoms with van der Waals surface area (Å²) in [4.78, 5) is 7.32. The molecular weight excluding hydrogens is 344 g/mol. The minimum atomic E-state index is -4.62. The van der Waals surface area contributed by atoms with Gasteiger partial charge in [0.25, 0.3) is 0 Å². The molecule has 0 atom stereocenters. The number of hydrogen-bond acceptors (Lipinski definition) is 5. The van der Waals surface area contributed by atoms with E-state index in [0.717, 1.165) is 17.8 Å². The predicted molar refractivity (Wildman–Crippen MR) is 84.2 cm³/mol. The molecule has 0 unspecified atom stereocenters. The molecule has 1 aromatic heterocycles. The van der Waals surface area contributed by atoms with Gasteiger partial charge in [0, 0.05) is 6.07 Å². The van der Waals surface area contributed by atoms with E-state index < -0.39 is 17.7 Å². The van der Waals surface area contributed by atoms with Crippen molar-refractivity contribution in [2.24, 2.45) is 5.10 Å². The number of aromatic nitrogens is 2. The van der Waals surface area contributed by atoms with Crippen LogP contribution in [-0.2, 0) is 6.18 Å². The summed E-state index contributed by atoms with van der Waals surface area (Å²) in [6, 6.07) is 6.15. The number of nitrogens with one attached hydrogen (secondary N) is 1. The van der Waals surface area contributed by atoms with Gasteiger partial charge < -0.3 is 0 Å². The molecule has 0 saturated heterocycles. The van der Waals surface area contributed by atoms with Gasteiger partial charge in [-0.05, 0) is 17.7 Å². The van der Waals surface area contributed by atoms with Crippen molar-refractivity contribution < 1.29 is 17.6 Å². The van der Waals surface area contributed by atoms with E-state index in [0.29, 0.717) is 5.56 Å². The normalized spacial score (nSPS) is 11.5. The van der Waals surface area contributed by atoms with Crippen LogP contribution in [0.15, 0.2) is 40.6 Å². The maximum atomic E-state index is 12.9. The third kappa shape index (κ3) is 5.24. The van der Waals surface area contributed by atoms with Crippen LogP contribution in [0.4, 0.5) is 23.4 Å². The molecule has 0 amide bonds. The number of anilines is 1. The Hall–Kier alpha value is -2.60. The largest absolute Gasteiger partial charge is 0.433 e. The number of rotatable bonds is 5. The molecule has 0 aliphatic heterocycles. The second-order valence-electron chi connectivity index (χ2n) is 4.33. The Kier molecular flexibility index (Phi) is 5.76. The minimum Gasteiger partial charge on any atom is -0.261 e. The highest BCUT2D eigenvalue weighted by Gasteiger charge is 2.33. The number of nitrogens with zero attached hydrogens (tertiary/aromatic N) is 3. The number of alkyl halides is 3. The van der Waals surface area contributed by atoms with Gasteiger partial charge in [0.2, 0.25) is 0 Å². The van der Waals surface area contributed by atoms with Crippen molar-refractivity contribution in [3.05, 3.63) is 47.4 Å². The fourth-order valence-corrected chi connectivity index (χ4v) is 2.06. The first-order chi connectivity index (χ1) is 11.4. The molecule has 0 bridgehead atoms. The molecule has 4 nitrogen and oxygen atoms in total. The van der Waals surface area contributed by atoms with Crippen molar-refractivity contribution in [1.29, 1.82) is 0 Å². The molecule has 2 rings (SSSR count). The zero-order chi connectivity index (χ0) is 17.6. The summed E-state index contributed by atoms with van der Waals surface area (Å²) in [7, 11) is 0. The zero-order valence-corrected chi connectivity index (χ0v) is 12.8. The van der Waals surface area contributed by atoms with Crippen LogP contribution in [0.25, 0.3) is 0 Å². The van der Waals surface area contributed by atoms with Gasteiger partial charge in [-0.15, -0.1) is 6.42 Å². The lowest BCUT2D eigenvalue weighted by Gasteiger charge is -2.09. The number of halogens is 4. The number of hydrogen-bond donors (Lipinski definition) is 1.